The second-order valence-electron chi connectivity index (χ2n) is 7.23. The van der Waals surface area contributed by atoms with Gasteiger partial charge in [-0.1, -0.05) is 25.0 Å². The van der Waals surface area contributed by atoms with Gasteiger partial charge in [-0.3, -0.25) is 9.79 Å². The summed E-state index contributed by atoms with van der Waals surface area (Å²) in [5.41, 5.74) is 0.722. The first kappa shape index (κ1) is 20.1. The molecule has 0 spiro atoms. The van der Waals surface area contributed by atoms with Crippen LogP contribution < -0.4 is 10.6 Å². The van der Waals surface area contributed by atoms with E-state index in [0.717, 1.165) is 50.2 Å². The van der Waals surface area contributed by atoms with E-state index in [4.69, 9.17) is 4.99 Å². The van der Waals surface area contributed by atoms with Crippen molar-refractivity contribution in [3.63, 3.8) is 0 Å². The highest BCUT2D eigenvalue weighted by Crippen LogP contribution is 2.39. The van der Waals surface area contributed by atoms with Crippen LogP contribution in [0, 0.1) is 5.41 Å². The molecule has 0 heterocycles. The van der Waals surface area contributed by atoms with Gasteiger partial charge in [-0.15, -0.1) is 0 Å². The number of rotatable bonds is 7. The monoisotopic (exact) mass is 360 g/mol. The number of benzene rings is 1. The van der Waals surface area contributed by atoms with Crippen molar-refractivity contribution in [1.29, 1.82) is 0 Å². The number of guanidine groups is 1. The van der Waals surface area contributed by atoms with Gasteiger partial charge in [-0.2, -0.15) is 0 Å². The van der Waals surface area contributed by atoms with Gasteiger partial charge < -0.3 is 20.6 Å². The molecule has 1 aromatic carbocycles. The fourth-order valence-corrected chi connectivity index (χ4v) is 3.58. The van der Waals surface area contributed by atoms with Gasteiger partial charge in [-0.25, -0.2) is 0 Å². The molecule has 1 amide bonds. The molecular weight excluding hydrogens is 328 g/mol. The third-order valence-corrected chi connectivity index (χ3v) is 4.92. The zero-order valence-corrected chi connectivity index (χ0v) is 16.2. The molecule has 0 atom stereocenters. The summed E-state index contributed by atoms with van der Waals surface area (Å²) in [5.74, 6) is 1.22. The Hall–Kier alpha value is -2.24. The second-order valence-corrected chi connectivity index (χ2v) is 7.23. The van der Waals surface area contributed by atoms with E-state index in [0.29, 0.717) is 13.1 Å². The maximum absolute atomic E-state index is 12.7. The maximum atomic E-state index is 12.7. The topological polar surface area (TPSA) is 77.0 Å². The van der Waals surface area contributed by atoms with Crippen molar-refractivity contribution in [2.75, 3.05) is 33.7 Å². The van der Waals surface area contributed by atoms with E-state index in [9.17, 15) is 9.90 Å². The van der Waals surface area contributed by atoms with E-state index >= 15 is 0 Å². The average Bonchev–Trinajstić information content (AvgIpc) is 3.09. The largest absolute Gasteiger partial charge is 0.508 e. The van der Waals surface area contributed by atoms with Gasteiger partial charge in [-0.05, 0) is 43.9 Å². The Balaban J connectivity index is 1.97. The Morgan fingerprint density at radius 2 is 2.00 bits per heavy atom. The lowest BCUT2D eigenvalue weighted by Crippen LogP contribution is -2.43. The third kappa shape index (κ3) is 5.38. The minimum absolute atomic E-state index is 0.189. The first-order chi connectivity index (χ1) is 12.5. The zero-order valence-electron chi connectivity index (χ0n) is 16.2. The van der Waals surface area contributed by atoms with Crippen molar-refractivity contribution in [3.05, 3.63) is 29.8 Å². The Morgan fingerprint density at radius 1 is 1.27 bits per heavy atom. The second kappa shape index (κ2) is 9.46. The fourth-order valence-electron chi connectivity index (χ4n) is 3.58. The summed E-state index contributed by atoms with van der Waals surface area (Å²) < 4.78 is 0. The van der Waals surface area contributed by atoms with E-state index in [1.165, 1.54) is 0 Å². The summed E-state index contributed by atoms with van der Waals surface area (Å²) in [4.78, 5) is 19.1. The molecule has 2 rings (SSSR count). The highest BCUT2D eigenvalue weighted by molar-refractivity contribution is 5.84. The molecule has 26 heavy (non-hydrogen) atoms. The number of nitrogens with one attached hydrogen (secondary N) is 2. The van der Waals surface area contributed by atoms with Gasteiger partial charge in [0, 0.05) is 27.2 Å². The smallest absolute Gasteiger partial charge is 0.230 e. The van der Waals surface area contributed by atoms with Crippen molar-refractivity contribution < 1.29 is 9.90 Å². The lowest BCUT2D eigenvalue weighted by molar-refractivity contribution is -0.138. The summed E-state index contributed by atoms with van der Waals surface area (Å²) in [6.45, 7) is 4.03. The number of carbonyl (C=O) groups is 1. The predicted octanol–water partition coefficient (Wildman–Crippen LogP) is 2.14. The highest BCUT2D eigenvalue weighted by Gasteiger charge is 2.41. The molecule has 1 aromatic rings. The maximum Gasteiger partial charge on any atom is 0.230 e. The molecular formula is C20H32N4O2. The molecule has 144 valence electrons. The van der Waals surface area contributed by atoms with E-state index < -0.39 is 0 Å². The molecule has 0 aliphatic heterocycles. The standard InChI is InChI=1S/C20H32N4O2/c1-4-21-19(22-13-10-16-8-7-9-17(25)14-16)23-15-20(11-5-6-12-20)18(26)24(2)3/h7-9,14,25H,4-6,10-13,15H2,1-3H3,(H2,21,22,23). The minimum Gasteiger partial charge on any atom is -0.508 e. The van der Waals surface area contributed by atoms with E-state index in [1.807, 2.05) is 33.2 Å². The van der Waals surface area contributed by atoms with Crippen LogP contribution in [0.4, 0.5) is 0 Å². The van der Waals surface area contributed by atoms with Gasteiger partial charge in [0.15, 0.2) is 5.96 Å². The summed E-state index contributed by atoms with van der Waals surface area (Å²) in [6, 6.07) is 7.29. The SMILES string of the molecule is CCNC(=NCC1(C(=O)N(C)C)CCCC1)NCCc1cccc(O)c1. The van der Waals surface area contributed by atoms with Crippen molar-refractivity contribution in [1.82, 2.24) is 15.5 Å². The molecule has 0 bridgehead atoms. The molecule has 6 nitrogen and oxygen atoms in total. The molecule has 6 heteroatoms. The van der Waals surface area contributed by atoms with Crippen LogP contribution in [0.2, 0.25) is 0 Å². The molecule has 0 radical (unpaired) electrons. The van der Waals surface area contributed by atoms with Gasteiger partial charge in [0.1, 0.15) is 5.75 Å². The minimum atomic E-state index is -0.350. The first-order valence-corrected chi connectivity index (χ1v) is 9.49. The molecule has 0 unspecified atom stereocenters. The number of hydrogen-bond acceptors (Lipinski definition) is 3. The molecule has 1 fully saturated rings. The normalized spacial score (nSPS) is 16.3. The van der Waals surface area contributed by atoms with Gasteiger partial charge >= 0.3 is 0 Å². The Bertz CT molecular complexity index is 622. The van der Waals surface area contributed by atoms with Crippen LogP contribution in [-0.4, -0.2) is 55.6 Å². The van der Waals surface area contributed by atoms with Gasteiger partial charge in [0.2, 0.25) is 5.91 Å². The van der Waals surface area contributed by atoms with E-state index in [2.05, 4.69) is 10.6 Å². The van der Waals surface area contributed by atoms with E-state index in [1.54, 1.807) is 17.0 Å². The van der Waals surface area contributed by atoms with Crippen LogP contribution in [0.15, 0.2) is 29.3 Å². The highest BCUT2D eigenvalue weighted by atomic mass is 16.3. The predicted molar refractivity (Wildman–Crippen MR) is 105 cm³/mol. The average molecular weight is 361 g/mol. The third-order valence-electron chi connectivity index (χ3n) is 4.92. The van der Waals surface area contributed by atoms with Gasteiger partial charge in [0.05, 0.1) is 12.0 Å². The molecule has 3 N–H and O–H groups in total. The van der Waals surface area contributed by atoms with Gasteiger partial charge in [0.25, 0.3) is 0 Å². The number of carbonyl (C=O) groups excluding carboxylic acids is 1. The summed E-state index contributed by atoms with van der Waals surface area (Å²) in [5, 5.41) is 16.1. The molecule has 0 aromatic heterocycles. The number of amides is 1. The molecule has 1 aliphatic carbocycles. The Kier molecular flexibility index (Phi) is 7.30. The van der Waals surface area contributed by atoms with Crippen molar-refractivity contribution >= 4 is 11.9 Å². The van der Waals surface area contributed by atoms with Crippen molar-refractivity contribution in [2.24, 2.45) is 10.4 Å². The van der Waals surface area contributed by atoms with Crippen molar-refractivity contribution in [3.8, 4) is 5.75 Å². The number of hydrogen-bond donors (Lipinski definition) is 3. The van der Waals surface area contributed by atoms with Crippen LogP contribution in [0.3, 0.4) is 0 Å². The van der Waals surface area contributed by atoms with Crippen LogP contribution in [0.25, 0.3) is 0 Å². The van der Waals surface area contributed by atoms with E-state index in [-0.39, 0.29) is 17.1 Å². The lowest BCUT2D eigenvalue weighted by atomic mass is 9.85. The van der Waals surface area contributed by atoms with Crippen LogP contribution in [0.5, 0.6) is 5.75 Å². The van der Waals surface area contributed by atoms with Crippen LogP contribution in [-0.2, 0) is 11.2 Å². The fraction of sp³-hybridized carbons (Fsp3) is 0.600. The van der Waals surface area contributed by atoms with Crippen LogP contribution in [0.1, 0.15) is 38.2 Å². The molecule has 0 saturated heterocycles. The van der Waals surface area contributed by atoms with Crippen molar-refractivity contribution in [2.45, 2.75) is 39.0 Å². The van der Waals surface area contributed by atoms with Crippen LogP contribution >= 0.6 is 0 Å². The number of phenolic OH excluding ortho intramolecular Hbond substituents is 1. The number of phenols is 1. The first-order valence-electron chi connectivity index (χ1n) is 9.49. The number of nitrogens with zero attached hydrogens (tertiary/aromatic N) is 2. The quantitative estimate of drug-likeness (QED) is 0.514. The zero-order chi connectivity index (χ0) is 19.0. The lowest BCUT2D eigenvalue weighted by Gasteiger charge is -2.29. The molecule has 1 saturated carbocycles. The molecule has 1 aliphatic rings. The summed E-state index contributed by atoms with van der Waals surface area (Å²) >= 11 is 0. The summed E-state index contributed by atoms with van der Waals surface area (Å²) in [7, 11) is 3.65. The Morgan fingerprint density at radius 3 is 2.62 bits per heavy atom. The number of aromatic hydroxyl groups is 1. The Labute approximate surface area is 156 Å². The summed E-state index contributed by atoms with van der Waals surface area (Å²) in [6.07, 6.45) is 4.81. The number of aliphatic imine (C=N–C) groups is 1.